The van der Waals surface area contributed by atoms with Crippen LogP contribution in [0.5, 0.6) is 0 Å². The van der Waals surface area contributed by atoms with Gasteiger partial charge in [0.05, 0.1) is 31.5 Å². The molecular weight excluding hydrogens is 642 g/mol. The van der Waals surface area contributed by atoms with Crippen LogP contribution in [-0.2, 0) is 33.2 Å². The summed E-state index contributed by atoms with van der Waals surface area (Å²) in [5.74, 6) is 0. The fourth-order valence-corrected chi connectivity index (χ4v) is 6.18. The first-order chi connectivity index (χ1) is 22.8. The third-order valence-electron chi connectivity index (χ3n) is 9.64. The van der Waals surface area contributed by atoms with Crippen molar-refractivity contribution in [2.45, 2.75) is 163 Å². The second-order valence-electron chi connectivity index (χ2n) is 13.1. The molecule has 48 heavy (non-hydrogen) atoms. The Morgan fingerprint density at radius 3 is 1.77 bits per heavy atom. The largest absolute Gasteiger partial charge is 0.394 e. The van der Waals surface area contributed by atoms with Gasteiger partial charge in [-0.05, 0) is 52.5 Å². The summed E-state index contributed by atoms with van der Waals surface area (Å²) < 4.78 is 41.3. The lowest BCUT2D eigenvalue weighted by molar-refractivity contribution is -0.380. The molecule has 17 atom stereocenters. The number of nitrogens with two attached hydrogens (primary N) is 1. The van der Waals surface area contributed by atoms with Crippen molar-refractivity contribution in [2.75, 3.05) is 33.0 Å². The average molecular weight is 702 g/mol. The summed E-state index contributed by atoms with van der Waals surface area (Å²) in [6.07, 6.45) is -19.8. The molecule has 0 radical (unpaired) electrons. The topological polar surface area (TPSA) is 273 Å². The number of ether oxygens (including phenoxy) is 7. The molecule has 0 aromatic rings. The Kier molecular flexibility index (Phi) is 16.7. The summed E-state index contributed by atoms with van der Waals surface area (Å²) >= 11 is 0. The Bertz CT molecular complexity index is 924. The van der Waals surface area contributed by atoms with E-state index in [9.17, 15) is 46.0 Å². The zero-order chi connectivity index (χ0) is 35.8. The lowest BCUT2D eigenvalue weighted by Gasteiger charge is -2.51. The average Bonchev–Trinajstić information content (AvgIpc) is 3.08. The molecule has 17 heteroatoms. The maximum absolute atomic E-state index is 11.5. The number of hydrogen-bond acceptors (Lipinski definition) is 17. The van der Waals surface area contributed by atoms with E-state index in [4.69, 9.17) is 38.9 Å². The molecule has 0 spiro atoms. The van der Waals surface area contributed by atoms with Crippen LogP contribution in [0.3, 0.4) is 0 Å². The highest BCUT2D eigenvalue weighted by Crippen LogP contribution is 2.37. The highest BCUT2D eigenvalue weighted by atomic mass is 16.7. The van der Waals surface area contributed by atoms with Gasteiger partial charge in [-0.1, -0.05) is 13.8 Å². The normalized spacial score (nSPS) is 42.8. The summed E-state index contributed by atoms with van der Waals surface area (Å²) in [7, 11) is 0. The monoisotopic (exact) mass is 701 g/mol. The maximum atomic E-state index is 11.5. The fourth-order valence-electron chi connectivity index (χ4n) is 6.18. The highest BCUT2D eigenvalue weighted by molar-refractivity contribution is 5.02. The summed E-state index contributed by atoms with van der Waals surface area (Å²) in [4.78, 5) is 0. The quantitative estimate of drug-likeness (QED) is 0.0624. The molecule has 0 aliphatic carbocycles. The first kappa shape index (κ1) is 41.7. The zero-order valence-electron chi connectivity index (χ0n) is 28.3. The summed E-state index contributed by atoms with van der Waals surface area (Å²) in [5.41, 5.74) is 4.49. The molecule has 11 N–H and O–H groups in total. The van der Waals surface area contributed by atoms with Crippen LogP contribution in [0.1, 0.15) is 59.8 Å². The van der Waals surface area contributed by atoms with E-state index in [1.807, 2.05) is 13.8 Å². The Morgan fingerprint density at radius 2 is 1.21 bits per heavy atom. The van der Waals surface area contributed by atoms with Gasteiger partial charge in [-0.25, -0.2) is 0 Å². The van der Waals surface area contributed by atoms with Crippen molar-refractivity contribution in [3.05, 3.63) is 0 Å². The second-order valence-corrected chi connectivity index (χ2v) is 13.1. The molecule has 3 aliphatic heterocycles. The number of aliphatic hydroxyl groups is 9. The van der Waals surface area contributed by atoms with Gasteiger partial charge in [0.15, 0.2) is 12.6 Å². The Balaban J connectivity index is 1.85. The van der Waals surface area contributed by atoms with E-state index >= 15 is 0 Å². The van der Waals surface area contributed by atoms with Crippen molar-refractivity contribution < 1.29 is 79.1 Å². The van der Waals surface area contributed by atoms with Gasteiger partial charge in [-0.3, -0.25) is 0 Å². The van der Waals surface area contributed by atoms with E-state index in [-0.39, 0.29) is 0 Å². The second kappa shape index (κ2) is 19.2. The van der Waals surface area contributed by atoms with Gasteiger partial charge >= 0.3 is 0 Å². The highest BCUT2D eigenvalue weighted by Gasteiger charge is 2.56. The molecule has 0 aromatic carbocycles. The fraction of sp³-hybridized carbons (Fsp3) is 1.00. The van der Waals surface area contributed by atoms with Gasteiger partial charge in [-0.2, -0.15) is 0 Å². The molecule has 3 heterocycles. The molecule has 0 amide bonds. The summed E-state index contributed by atoms with van der Waals surface area (Å²) in [6, 6.07) is 0. The molecule has 3 rings (SSSR count). The molecule has 11 unspecified atom stereocenters. The number of hydrogen-bond donors (Lipinski definition) is 10. The Hall–Kier alpha value is -0.680. The minimum absolute atomic E-state index is 0.335. The zero-order valence-corrected chi connectivity index (χ0v) is 28.3. The van der Waals surface area contributed by atoms with Crippen molar-refractivity contribution in [1.82, 2.24) is 0 Å². The van der Waals surface area contributed by atoms with Gasteiger partial charge in [0.1, 0.15) is 79.4 Å². The van der Waals surface area contributed by atoms with Gasteiger partial charge in [0.2, 0.25) is 0 Å². The minimum atomic E-state index is -1.85. The van der Waals surface area contributed by atoms with Crippen molar-refractivity contribution in [1.29, 1.82) is 0 Å². The summed E-state index contributed by atoms with van der Waals surface area (Å²) in [6.45, 7) is 5.88. The maximum Gasteiger partial charge on any atom is 0.187 e. The number of aliphatic hydroxyl groups excluding tert-OH is 9. The number of unbranched alkanes of at least 4 members (excludes halogenated alkanes) is 2. The van der Waals surface area contributed by atoms with Crippen LogP contribution in [0.25, 0.3) is 0 Å². The molecule has 3 saturated heterocycles. The third-order valence-corrected chi connectivity index (χ3v) is 9.64. The predicted octanol–water partition coefficient (Wildman–Crippen LogP) is -3.39. The molecule has 17 nitrogen and oxygen atoms in total. The third kappa shape index (κ3) is 9.60. The van der Waals surface area contributed by atoms with E-state index in [1.165, 1.54) is 0 Å². The summed E-state index contributed by atoms with van der Waals surface area (Å²) in [5, 5.41) is 96.2. The predicted molar refractivity (Wildman–Crippen MR) is 165 cm³/mol. The Labute approximate surface area is 281 Å². The van der Waals surface area contributed by atoms with Gasteiger partial charge in [-0.15, -0.1) is 0 Å². The molecule has 0 bridgehead atoms. The van der Waals surface area contributed by atoms with E-state index in [1.54, 1.807) is 13.8 Å². The van der Waals surface area contributed by atoms with E-state index in [0.29, 0.717) is 32.4 Å². The minimum Gasteiger partial charge on any atom is -0.394 e. The van der Waals surface area contributed by atoms with Crippen LogP contribution in [0.2, 0.25) is 0 Å². The van der Waals surface area contributed by atoms with Crippen LogP contribution < -0.4 is 5.73 Å². The molecule has 284 valence electrons. The standard InChI is InChI=1S/C31H59NO16/c1-5-15(3)43-27-22(39)19(36)16(12-33)46-30(27)48-26-21(38)18(14-35)45-29(24(26)41)47-25-20(37)17(13-34)44-28(23(25)40)31(4,6-2)42-11-9-7-8-10-32/h15-30,33-41H,5-14,32H2,1-4H3/t15?,16?,17?,18?,19-,20-,21-,22?,23?,24?,25?,26?,27?,28+,29-,30-,31?/m1/s1. The molecule has 0 aromatic heterocycles. The van der Waals surface area contributed by atoms with E-state index < -0.39 is 123 Å². The smallest absolute Gasteiger partial charge is 0.187 e. The lowest BCUT2D eigenvalue weighted by atomic mass is 9.84. The van der Waals surface area contributed by atoms with Crippen molar-refractivity contribution >= 4 is 0 Å². The molecule has 0 saturated carbocycles. The van der Waals surface area contributed by atoms with Crippen LogP contribution in [0.15, 0.2) is 0 Å². The van der Waals surface area contributed by atoms with Crippen LogP contribution in [0.4, 0.5) is 0 Å². The first-order valence-electron chi connectivity index (χ1n) is 17.0. The van der Waals surface area contributed by atoms with Crippen molar-refractivity contribution in [3.63, 3.8) is 0 Å². The van der Waals surface area contributed by atoms with Gasteiger partial charge in [0, 0.05) is 6.61 Å². The van der Waals surface area contributed by atoms with Gasteiger partial charge < -0.3 is 84.9 Å². The SMILES string of the molecule is CCC(C)OC1C(O)[C@H](O)C(CO)O[C@@H]1OC1C(O)[C@@H](OC2C(O)[C@@H](C(C)(CC)OCCCCCN)OC(CO)[C@H]2O)OC(CO)[C@H]1O. The molecule has 3 fully saturated rings. The molecular formula is C31H59NO16. The molecule has 3 aliphatic rings. The van der Waals surface area contributed by atoms with E-state index in [0.717, 1.165) is 12.8 Å². The van der Waals surface area contributed by atoms with E-state index in [2.05, 4.69) is 0 Å². The van der Waals surface area contributed by atoms with Crippen molar-refractivity contribution in [2.24, 2.45) is 5.73 Å². The lowest BCUT2D eigenvalue weighted by Crippen LogP contribution is -2.68. The van der Waals surface area contributed by atoms with Crippen molar-refractivity contribution in [3.8, 4) is 0 Å². The Morgan fingerprint density at radius 1 is 0.667 bits per heavy atom. The number of rotatable bonds is 18. The first-order valence-corrected chi connectivity index (χ1v) is 17.0. The van der Waals surface area contributed by atoms with Gasteiger partial charge in [0.25, 0.3) is 0 Å². The van der Waals surface area contributed by atoms with Crippen LogP contribution in [-0.4, -0.2) is 183 Å². The van der Waals surface area contributed by atoms with Crippen LogP contribution >= 0.6 is 0 Å². The van der Waals surface area contributed by atoms with Crippen LogP contribution in [0, 0.1) is 0 Å².